The molecule has 0 aliphatic heterocycles. The molecule has 15 heavy (non-hydrogen) atoms. The van der Waals surface area contributed by atoms with Crippen molar-refractivity contribution < 1.29 is 19.8 Å². The molecule has 0 spiro atoms. The molecule has 0 saturated heterocycles. The molecule has 0 fully saturated rings. The number of carbonyl (C=O) groups is 2. The van der Waals surface area contributed by atoms with Gasteiger partial charge in [-0.05, 0) is 6.92 Å². The Hall–Kier alpha value is -1.43. The zero-order valence-electron chi connectivity index (χ0n) is 8.19. The highest BCUT2D eigenvalue weighted by Gasteiger charge is 2.13. The summed E-state index contributed by atoms with van der Waals surface area (Å²) in [5, 5.41) is 17.9. The van der Waals surface area contributed by atoms with Crippen LogP contribution < -0.4 is 0 Å². The van der Waals surface area contributed by atoms with Crippen molar-refractivity contribution in [3.8, 4) is 0 Å². The van der Waals surface area contributed by atoms with Crippen LogP contribution in [0, 0.1) is 6.92 Å². The average Bonchev–Trinajstić information content (AvgIpc) is 2.41. The van der Waals surface area contributed by atoms with Gasteiger partial charge < -0.3 is 10.2 Å². The molecular weight excluding hydrogens is 218 g/mol. The predicted octanol–water partition coefficient (Wildman–Crippen LogP) is 1.10. The van der Waals surface area contributed by atoms with Crippen LogP contribution in [0.4, 0.5) is 0 Å². The van der Waals surface area contributed by atoms with Crippen molar-refractivity contribution in [1.29, 1.82) is 0 Å². The van der Waals surface area contributed by atoms with Gasteiger partial charge in [-0.15, -0.1) is 11.3 Å². The Kier molecular flexibility index (Phi) is 3.79. The van der Waals surface area contributed by atoms with Gasteiger partial charge in [0, 0.05) is 11.3 Å². The minimum atomic E-state index is -0.921. The van der Waals surface area contributed by atoms with Gasteiger partial charge in [0.1, 0.15) is 0 Å². The molecule has 2 N–H and O–H groups in total. The molecular formula is C9H11NO4S. The van der Waals surface area contributed by atoms with E-state index in [1.54, 1.807) is 6.92 Å². The molecule has 0 aromatic carbocycles. The third-order valence-electron chi connectivity index (χ3n) is 1.77. The summed E-state index contributed by atoms with van der Waals surface area (Å²) in [6.07, 6.45) is 0.193. The summed E-state index contributed by atoms with van der Waals surface area (Å²) >= 11 is 1.31. The van der Waals surface area contributed by atoms with E-state index in [4.69, 9.17) is 10.2 Å². The molecule has 0 radical (unpaired) electrons. The number of thiazole rings is 1. The average molecular weight is 229 g/mol. The smallest absolute Gasteiger partial charge is 0.308 e. The van der Waals surface area contributed by atoms with Gasteiger partial charge in [0.15, 0.2) is 0 Å². The minimum absolute atomic E-state index is 0.0181. The number of carboxylic acids is 2. The Balaban J connectivity index is 2.76. The Bertz CT molecular complexity index is 385. The number of hydrogen-bond donors (Lipinski definition) is 2. The van der Waals surface area contributed by atoms with E-state index in [1.165, 1.54) is 11.3 Å². The molecule has 1 aromatic heterocycles. The largest absolute Gasteiger partial charge is 0.481 e. The van der Waals surface area contributed by atoms with E-state index in [0.717, 1.165) is 5.01 Å². The van der Waals surface area contributed by atoms with Crippen LogP contribution in [0.25, 0.3) is 0 Å². The van der Waals surface area contributed by atoms with Crippen LogP contribution in [0.5, 0.6) is 0 Å². The lowest BCUT2D eigenvalue weighted by Crippen LogP contribution is -2.03. The van der Waals surface area contributed by atoms with Crippen molar-refractivity contribution in [3.05, 3.63) is 15.6 Å². The van der Waals surface area contributed by atoms with Gasteiger partial charge in [0.05, 0.1) is 23.5 Å². The normalized spacial score (nSPS) is 10.2. The van der Waals surface area contributed by atoms with E-state index in [9.17, 15) is 9.59 Å². The third-order valence-corrected chi connectivity index (χ3v) is 2.79. The molecule has 0 saturated carbocycles. The van der Waals surface area contributed by atoms with Crippen LogP contribution in [0.2, 0.25) is 0 Å². The second kappa shape index (κ2) is 4.88. The van der Waals surface area contributed by atoms with Crippen LogP contribution in [-0.2, 0) is 22.4 Å². The fourth-order valence-corrected chi connectivity index (χ4v) is 2.18. The topological polar surface area (TPSA) is 87.5 Å². The van der Waals surface area contributed by atoms with Crippen molar-refractivity contribution in [2.45, 2.75) is 26.2 Å². The summed E-state index contributed by atoms with van der Waals surface area (Å²) in [4.78, 5) is 25.7. The number of aliphatic carboxylic acids is 2. The Morgan fingerprint density at radius 2 is 2.00 bits per heavy atom. The highest BCUT2D eigenvalue weighted by molar-refractivity contribution is 7.11. The Morgan fingerprint density at radius 1 is 1.33 bits per heavy atom. The lowest BCUT2D eigenvalue weighted by atomic mass is 10.2. The predicted molar refractivity (Wildman–Crippen MR) is 54.1 cm³/mol. The highest BCUT2D eigenvalue weighted by atomic mass is 32.1. The number of aromatic nitrogens is 1. The lowest BCUT2D eigenvalue weighted by Gasteiger charge is -1.96. The quantitative estimate of drug-likeness (QED) is 0.789. The van der Waals surface area contributed by atoms with Crippen LogP contribution in [-0.4, -0.2) is 27.1 Å². The summed E-state index contributed by atoms with van der Waals surface area (Å²) in [5.74, 6) is -1.82. The van der Waals surface area contributed by atoms with E-state index < -0.39 is 11.9 Å². The van der Waals surface area contributed by atoms with Gasteiger partial charge in [0.25, 0.3) is 0 Å². The van der Waals surface area contributed by atoms with Gasteiger partial charge in [0.2, 0.25) is 0 Å². The number of aryl methyl sites for hydroxylation is 2. The van der Waals surface area contributed by atoms with Crippen molar-refractivity contribution >= 4 is 23.3 Å². The molecule has 1 rings (SSSR count). The van der Waals surface area contributed by atoms with Crippen LogP contribution in [0.15, 0.2) is 0 Å². The van der Waals surface area contributed by atoms with Crippen molar-refractivity contribution in [1.82, 2.24) is 4.98 Å². The van der Waals surface area contributed by atoms with Crippen LogP contribution >= 0.6 is 11.3 Å². The zero-order chi connectivity index (χ0) is 11.4. The van der Waals surface area contributed by atoms with Crippen LogP contribution in [0.3, 0.4) is 0 Å². The van der Waals surface area contributed by atoms with E-state index in [1.807, 2.05) is 0 Å². The fourth-order valence-electron chi connectivity index (χ4n) is 1.21. The number of nitrogens with zero attached hydrogens (tertiary/aromatic N) is 1. The maximum absolute atomic E-state index is 10.5. The van der Waals surface area contributed by atoms with E-state index >= 15 is 0 Å². The fraction of sp³-hybridized carbons (Fsp3) is 0.444. The first-order chi connectivity index (χ1) is 6.99. The van der Waals surface area contributed by atoms with Gasteiger partial charge >= 0.3 is 11.9 Å². The summed E-state index contributed by atoms with van der Waals surface area (Å²) < 4.78 is 0. The van der Waals surface area contributed by atoms with Gasteiger partial charge in [-0.2, -0.15) is 0 Å². The van der Waals surface area contributed by atoms with Crippen LogP contribution in [0.1, 0.15) is 22.0 Å². The maximum Gasteiger partial charge on any atom is 0.308 e. The van der Waals surface area contributed by atoms with E-state index in [-0.39, 0.29) is 12.8 Å². The van der Waals surface area contributed by atoms with Gasteiger partial charge in [-0.3, -0.25) is 9.59 Å². The minimum Gasteiger partial charge on any atom is -0.481 e. The Morgan fingerprint density at radius 3 is 2.53 bits per heavy atom. The molecule has 6 heteroatoms. The molecule has 0 aliphatic carbocycles. The molecule has 0 bridgehead atoms. The Labute approximate surface area is 90.4 Å². The second-order valence-corrected chi connectivity index (χ2v) is 4.35. The number of carboxylic acid groups (broad SMARTS) is 2. The van der Waals surface area contributed by atoms with E-state index in [2.05, 4.69) is 4.98 Å². The van der Waals surface area contributed by atoms with Crippen molar-refractivity contribution in [2.24, 2.45) is 0 Å². The van der Waals surface area contributed by atoms with E-state index in [0.29, 0.717) is 17.0 Å². The second-order valence-electron chi connectivity index (χ2n) is 3.07. The van der Waals surface area contributed by atoms with Crippen molar-refractivity contribution in [2.75, 3.05) is 0 Å². The molecule has 82 valence electrons. The van der Waals surface area contributed by atoms with Gasteiger partial charge in [-0.25, -0.2) is 4.98 Å². The molecule has 5 nitrogen and oxygen atoms in total. The summed E-state index contributed by atoms with van der Waals surface area (Å²) in [6, 6.07) is 0. The SMILES string of the molecule is Cc1nc(CCC(=O)O)c(CC(=O)O)s1. The lowest BCUT2D eigenvalue weighted by molar-refractivity contribution is -0.137. The molecule has 0 aliphatic rings. The molecule has 0 atom stereocenters. The molecule has 1 heterocycles. The first-order valence-corrected chi connectivity index (χ1v) is 5.19. The maximum atomic E-state index is 10.5. The number of hydrogen-bond acceptors (Lipinski definition) is 4. The molecule has 0 amide bonds. The summed E-state index contributed by atoms with van der Waals surface area (Å²) in [5.41, 5.74) is 0.599. The first-order valence-electron chi connectivity index (χ1n) is 4.38. The standard InChI is InChI=1S/C9H11NO4S/c1-5-10-6(2-3-8(11)12)7(15-5)4-9(13)14/h2-4H2,1H3,(H,11,12)(H,13,14). The summed E-state index contributed by atoms with van der Waals surface area (Å²) in [6.45, 7) is 1.78. The number of rotatable bonds is 5. The first kappa shape index (κ1) is 11.6. The van der Waals surface area contributed by atoms with Crippen molar-refractivity contribution in [3.63, 3.8) is 0 Å². The van der Waals surface area contributed by atoms with Gasteiger partial charge in [-0.1, -0.05) is 0 Å². The molecule has 0 unspecified atom stereocenters. The highest BCUT2D eigenvalue weighted by Crippen LogP contribution is 2.20. The molecule has 1 aromatic rings. The monoisotopic (exact) mass is 229 g/mol. The zero-order valence-corrected chi connectivity index (χ0v) is 9.00. The summed E-state index contributed by atoms with van der Waals surface area (Å²) in [7, 11) is 0. The third kappa shape index (κ3) is 3.67.